The van der Waals surface area contributed by atoms with Gasteiger partial charge in [0, 0.05) is 13.3 Å². The maximum atomic E-state index is 11.7. The average molecular weight is 218 g/mol. The lowest BCUT2D eigenvalue weighted by Crippen LogP contribution is -2.32. The molecule has 1 aromatic carbocycles. The van der Waals surface area contributed by atoms with Crippen LogP contribution >= 0.6 is 0 Å². The molecule has 0 aliphatic carbocycles. The standard InChI is InChI=1S/C12H12NO3/c1-9(14)13-8-16-11(12(13)15)7-10-5-3-2-4-6-10/h2-6,8,11H,7H2,1H3/q-1. The van der Waals surface area contributed by atoms with Crippen LogP contribution in [0.5, 0.6) is 0 Å². The number of hydrogen-bond acceptors (Lipinski definition) is 3. The summed E-state index contributed by atoms with van der Waals surface area (Å²) in [5.74, 6) is -0.614. The average Bonchev–Trinajstić information content (AvgIpc) is 2.62. The summed E-state index contributed by atoms with van der Waals surface area (Å²) < 4.78 is 5.17. The highest BCUT2D eigenvalue weighted by molar-refractivity contribution is 5.98. The number of carbonyl (C=O) groups is 2. The Bertz CT molecular complexity index is 402. The fourth-order valence-electron chi connectivity index (χ4n) is 1.59. The van der Waals surface area contributed by atoms with Gasteiger partial charge in [-0.3, -0.25) is 9.59 Å². The molecule has 1 unspecified atom stereocenters. The van der Waals surface area contributed by atoms with Gasteiger partial charge in [0.05, 0.1) is 0 Å². The van der Waals surface area contributed by atoms with Gasteiger partial charge in [0.1, 0.15) is 6.10 Å². The van der Waals surface area contributed by atoms with E-state index in [1.165, 1.54) is 13.7 Å². The highest BCUT2D eigenvalue weighted by atomic mass is 16.5. The molecule has 1 fully saturated rings. The van der Waals surface area contributed by atoms with Crippen LogP contribution in [0.25, 0.3) is 0 Å². The monoisotopic (exact) mass is 218 g/mol. The number of amides is 2. The summed E-state index contributed by atoms with van der Waals surface area (Å²) >= 11 is 0. The third-order valence-corrected chi connectivity index (χ3v) is 2.45. The number of benzene rings is 1. The maximum Gasteiger partial charge on any atom is 0.228 e. The molecule has 0 aromatic heterocycles. The summed E-state index contributed by atoms with van der Waals surface area (Å²) in [6.07, 6.45) is -0.0914. The Morgan fingerprint density at radius 3 is 2.69 bits per heavy atom. The Morgan fingerprint density at radius 2 is 2.12 bits per heavy atom. The number of rotatable bonds is 2. The molecule has 0 radical (unpaired) electrons. The molecule has 1 aromatic rings. The van der Waals surface area contributed by atoms with E-state index in [0.29, 0.717) is 6.42 Å². The smallest absolute Gasteiger partial charge is 0.228 e. The normalized spacial score (nSPS) is 20.2. The Labute approximate surface area is 93.8 Å². The van der Waals surface area contributed by atoms with Gasteiger partial charge in [-0.15, -0.1) is 6.73 Å². The van der Waals surface area contributed by atoms with E-state index in [2.05, 4.69) is 0 Å². The molecule has 2 rings (SSSR count). The first-order valence-electron chi connectivity index (χ1n) is 5.05. The zero-order chi connectivity index (χ0) is 11.5. The fraction of sp³-hybridized carbons (Fsp3) is 0.250. The zero-order valence-corrected chi connectivity index (χ0v) is 8.92. The molecule has 0 bridgehead atoms. The van der Waals surface area contributed by atoms with Gasteiger partial charge in [-0.2, -0.15) is 0 Å². The van der Waals surface area contributed by atoms with Gasteiger partial charge in [-0.1, -0.05) is 30.3 Å². The van der Waals surface area contributed by atoms with Crippen molar-refractivity contribution >= 4 is 11.8 Å². The van der Waals surface area contributed by atoms with Crippen molar-refractivity contribution in [1.29, 1.82) is 0 Å². The number of hydrogen-bond donors (Lipinski definition) is 0. The number of ether oxygens (including phenoxy) is 1. The highest BCUT2D eigenvalue weighted by Gasteiger charge is 2.27. The van der Waals surface area contributed by atoms with Crippen molar-refractivity contribution in [2.45, 2.75) is 19.4 Å². The molecule has 0 spiro atoms. The van der Waals surface area contributed by atoms with Crippen molar-refractivity contribution in [3.05, 3.63) is 42.6 Å². The van der Waals surface area contributed by atoms with Gasteiger partial charge in [0.15, 0.2) is 5.91 Å². The summed E-state index contributed by atoms with van der Waals surface area (Å²) in [6.45, 7) is 2.53. The van der Waals surface area contributed by atoms with Crippen LogP contribution in [0.1, 0.15) is 12.5 Å². The van der Waals surface area contributed by atoms with E-state index in [4.69, 9.17) is 4.74 Å². The molecular weight excluding hydrogens is 206 g/mol. The molecular formula is C12H12NO3-. The van der Waals surface area contributed by atoms with E-state index in [1.54, 1.807) is 0 Å². The van der Waals surface area contributed by atoms with Crippen molar-refractivity contribution in [2.24, 2.45) is 0 Å². The lowest BCUT2D eigenvalue weighted by atomic mass is 10.1. The van der Waals surface area contributed by atoms with Gasteiger partial charge in [-0.25, -0.2) is 0 Å². The van der Waals surface area contributed by atoms with E-state index in [1.807, 2.05) is 30.3 Å². The largest absolute Gasteiger partial charge is 0.521 e. The molecule has 2 amide bonds. The summed E-state index contributed by atoms with van der Waals surface area (Å²) in [5, 5.41) is 0. The number of imide groups is 1. The van der Waals surface area contributed by atoms with Gasteiger partial charge < -0.3 is 9.64 Å². The lowest BCUT2D eigenvalue weighted by molar-refractivity contribution is -0.139. The molecule has 0 N–H and O–H groups in total. The molecule has 1 atom stereocenters. The van der Waals surface area contributed by atoms with E-state index < -0.39 is 6.10 Å². The summed E-state index contributed by atoms with van der Waals surface area (Å²) in [4.78, 5) is 23.8. The van der Waals surface area contributed by atoms with Gasteiger partial charge in [0.25, 0.3) is 0 Å². The van der Waals surface area contributed by atoms with Gasteiger partial charge in [-0.05, 0) is 5.56 Å². The molecule has 1 heterocycles. The van der Waals surface area contributed by atoms with Crippen molar-refractivity contribution in [1.82, 2.24) is 4.90 Å². The Morgan fingerprint density at radius 1 is 1.44 bits per heavy atom. The highest BCUT2D eigenvalue weighted by Crippen LogP contribution is 2.18. The van der Waals surface area contributed by atoms with Crippen molar-refractivity contribution < 1.29 is 14.3 Å². The van der Waals surface area contributed by atoms with Crippen LogP contribution in [-0.4, -0.2) is 22.8 Å². The predicted octanol–water partition coefficient (Wildman–Crippen LogP) is 1.12. The minimum atomic E-state index is -0.578. The fourth-order valence-corrected chi connectivity index (χ4v) is 1.59. The quantitative estimate of drug-likeness (QED) is 0.699. The molecule has 1 aliphatic rings. The first kappa shape index (κ1) is 10.8. The zero-order valence-electron chi connectivity index (χ0n) is 8.92. The second kappa shape index (κ2) is 4.45. The minimum absolute atomic E-state index is 0.295. The number of nitrogens with zero attached hydrogens (tertiary/aromatic N) is 1. The summed E-state index contributed by atoms with van der Waals surface area (Å²) in [5.41, 5.74) is 1.01. The van der Waals surface area contributed by atoms with Crippen LogP contribution in [0.3, 0.4) is 0 Å². The molecule has 1 saturated heterocycles. The predicted molar refractivity (Wildman–Crippen MR) is 56.8 cm³/mol. The van der Waals surface area contributed by atoms with Crippen LogP contribution in [0, 0.1) is 6.73 Å². The number of carbonyl (C=O) groups excluding carboxylic acids is 2. The van der Waals surface area contributed by atoms with Crippen molar-refractivity contribution in [2.75, 3.05) is 0 Å². The van der Waals surface area contributed by atoms with Crippen LogP contribution in [0.2, 0.25) is 0 Å². The molecule has 84 valence electrons. The minimum Gasteiger partial charge on any atom is -0.521 e. The SMILES string of the molecule is CC(=O)N1[CH-]OC(Cc2ccccc2)C1=O. The van der Waals surface area contributed by atoms with Gasteiger partial charge in [0.2, 0.25) is 5.91 Å². The summed E-state index contributed by atoms with van der Waals surface area (Å²) in [6, 6.07) is 9.57. The van der Waals surface area contributed by atoms with E-state index in [-0.39, 0.29) is 11.8 Å². The first-order chi connectivity index (χ1) is 7.68. The first-order valence-corrected chi connectivity index (χ1v) is 5.05. The van der Waals surface area contributed by atoms with E-state index in [0.717, 1.165) is 10.5 Å². The van der Waals surface area contributed by atoms with Crippen LogP contribution in [-0.2, 0) is 20.7 Å². The third kappa shape index (κ3) is 2.12. The third-order valence-electron chi connectivity index (χ3n) is 2.45. The molecule has 4 heteroatoms. The second-order valence-electron chi connectivity index (χ2n) is 3.65. The van der Waals surface area contributed by atoms with Crippen molar-refractivity contribution in [3.63, 3.8) is 0 Å². The maximum absolute atomic E-state index is 11.7. The molecule has 4 nitrogen and oxygen atoms in total. The van der Waals surface area contributed by atoms with E-state index in [9.17, 15) is 9.59 Å². The second-order valence-corrected chi connectivity index (χ2v) is 3.65. The lowest BCUT2D eigenvalue weighted by Gasteiger charge is -2.18. The van der Waals surface area contributed by atoms with Crippen LogP contribution in [0.15, 0.2) is 30.3 Å². The summed E-state index contributed by atoms with van der Waals surface area (Å²) in [7, 11) is 0. The van der Waals surface area contributed by atoms with Crippen LogP contribution < -0.4 is 0 Å². The van der Waals surface area contributed by atoms with Gasteiger partial charge >= 0.3 is 0 Å². The van der Waals surface area contributed by atoms with Crippen LogP contribution in [0.4, 0.5) is 0 Å². The Kier molecular flexibility index (Phi) is 3.01. The molecule has 16 heavy (non-hydrogen) atoms. The van der Waals surface area contributed by atoms with E-state index >= 15 is 0 Å². The molecule has 0 saturated carbocycles. The van der Waals surface area contributed by atoms with Crippen molar-refractivity contribution in [3.8, 4) is 0 Å². The Hall–Kier alpha value is -1.68. The topological polar surface area (TPSA) is 46.6 Å². The molecule has 1 aliphatic heterocycles. The Balaban J connectivity index is 2.03.